The Morgan fingerprint density at radius 1 is 1.32 bits per heavy atom. The van der Waals surface area contributed by atoms with Crippen LogP contribution in [0.1, 0.15) is 51.1 Å². The van der Waals surface area contributed by atoms with Crippen LogP contribution < -0.4 is 5.73 Å². The Morgan fingerprint density at radius 2 is 2.05 bits per heavy atom. The van der Waals surface area contributed by atoms with Gasteiger partial charge in [-0.25, -0.2) is 4.98 Å². The summed E-state index contributed by atoms with van der Waals surface area (Å²) in [6, 6.07) is 4.21. The van der Waals surface area contributed by atoms with Crippen molar-refractivity contribution in [2.45, 2.75) is 52.5 Å². The molecule has 0 radical (unpaired) electrons. The second-order valence-electron chi connectivity index (χ2n) is 7.28. The Morgan fingerprint density at radius 3 is 2.74 bits per heavy atom. The van der Waals surface area contributed by atoms with Gasteiger partial charge in [-0.1, -0.05) is 27.7 Å². The number of nitrogens with zero attached hydrogens (tertiary/aromatic N) is 2. The first-order valence-electron chi connectivity index (χ1n) is 7.03. The molecule has 2 heterocycles. The van der Waals surface area contributed by atoms with Gasteiger partial charge in [-0.05, 0) is 36.0 Å². The molecule has 0 spiro atoms. The molecule has 3 heteroatoms. The molecule has 0 fully saturated rings. The maximum Gasteiger partial charge on any atom is 0.137 e. The number of hydrogen-bond donors (Lipinski definition) is 1. The van der Waals surface area contributed by atoms with E-state index in [1.54, 1.807) is 0 Å². The second kappa shape index (κ2) is 3.83. The molecule has 1 aliphatic rings. The van der Waals surface area contributed by atoms with E-state index in [0.717, 1.165) is 17.6 Å². The summed E-state index contributed by atoms with van der Waals surface area (Å²) in [5.74, 6) is 0. The summed E-state index contributed by atoms with van der Waals surface area (Å²) in [5.41, 5.74) is 11.0. The van der Waals surface area contributed by atoms with Gasteiger partial charge in [0.25, 0.3) is 0 Å². The quantitative estimate of drug-likeness (QED) is 0.853. The maximum absolute atomic E-state index is 5.72. The SMILES string of the molecule is CC1(C)Cc2nc3cc(CN)ccn3c2C(C)(C)C1. The van der Waals surface area contributed by atoms with Crippen LogP contribution in [0.3, 0.4) is 0 Å². The first-order chi connectivity index (χ1) is 8.82. The van der Waals surface area contributed by atoms with Crippen LogP contribution in [0, 0.1) is 5.41 Å². The Kier molecular flexibility index (Phi) is 2.55. The Bertz CT molecular complexity index is 635. The lowest BCUT2D eigenvalue weighted by molar-refractivity contribution is 0.224. The van der Waals surface area contributed by atoms with Crippen LogP contribution in [0.15, 0.2) is 18.3 Å². The monoisotopic (exact) mass is 257 g/mol. The number of aromatic nitrogens is 2. The second-order valence-corrected chi connectivity index (χ2v) is 7.28. The summed E-state index contributed by atoms with van der Waals surface area (Å²) in [4.78, 5) is 4.86. The molecule has 2 N–H and O–H groups in total. The van der Waals surface area contributed by atoms with Gasteiger partial charge in [0.05, 0.1) is 11.4 Å². The molecular formula is C16H23N3. The molecule has 102 valence electrons. The predicted molar refractivity (Wildman–Crippen MR) is 78.2 cm³/mol. The van der Waals surface area contributed by atoms with Gasteiger partial charge in [0.1, 0.15) is 5.65 Å². The molecular weight excluding hydrogens is 234 g/mol. The smallest absolute Gasteiger partial charge is 0.137 e. The third-order valence-electron chi connectivity index (χ3n) is 4.21. The normalized spacial score (nSPS) is 20.5. The topological polar surface area (TPSA) is 43.3 Å². The highest BCUT2D eigenvalue weighted by Crippen LogP contribution is 2.45. The van der Waals surface area contributed by atoms with Gasteiger partial charge in [0.2, 0.25) is 0 Å². The maximum atomic E-state index is 5.72. The van der Waals surface area contributed by atoms with E-state index in [1.165, 1.54) is 17.8 Å². The van der Waals surface area contributed by atoms with Crippen LogP contribution in [0.4, 0.5) is 0 Å². The average molecular weight is 257 g/mol. The highest BCUT2D eigenvalue weighted by molar-refractivity contribution is 5.48. The minimum Gasteiger partial charge on any atom is -0.326 e. The zero-order valence-electron chi connectivity index (χ0n) is 12.3. The van der Waals surface area contributed by atoms with E-state index in [-0.39, 0.29) is 5.41 Å². The first kappa shape index (κ1) is 12.7. The van der Waals surface area contributed by atoms with Crippen molar-refractivity contribution in [2.75, 3.05) is 0 Å². The zero-order valence-corrected chi connectivity index (χ0v) is 12.3. The lowest BCUT2D eigenvalue weighted by Crippen LogP contribution is -2.35. The van der Waals surface area contributed by atoms with E-state index in [2.05, 4.69) is 50.4 Å². The summed E-state index contributed by atoms with van der Waals surface area (Å²) < 4.78 is 2.25. The standard InChI is InChI=1S/C16H23N3/c1-15(2)8-12-14(16(3,4)10-15)19-6-5-11(9-17)7-13(19)18-12/h5-7H,8-10,17H2,1-4H3. The van der Waals surface area contributed by atoms with Crippen LogP contribution in [-0.2, 0) is 18.4 Å². The van der Waals surface area contributed by atoms with Crippen molar-refractivity contribution in [1.82, 2.24) is 9.38 Å². The van der Waals surface area contributed by atoms with Gasteiger partial charge < -0.3 is 10.1 Å². The molecule has 19 heavy (non-hydrogen) atoms. The van der Waals surface area contributed by atoms with Crippen molar-refractivity contribution in [1.29, 1.82) is 0 Å². The minimum absolute atomic E-state index is 0.167. The first-order valence-corrected chi connectivity index (χ1v) is 7.03. The number of imidazole rings is 1. The van der Waals surface area contributed by atoms with Gasteiger partial charge >= 0.3 is 0 Å². The summed E-state index contributed by atoms with van der Waals surface area (Å²) in [5, 5.41) is 0. The van der Waals surface area contributed by atoms with Crippen molar-refractivity contribution < 1.29 is 0 Å². The number of pyridine rings is 1. The van der Waals surface area contributed by atoms with Crippen LogP contribution in [0.2, 0.25) is 0 Å². The predicted octanol–water partition coefficient (Wildman–Crippen LogP) is 3.04. The molecule has 1 aliphatic carbocycles. The molecule has 3 nitrogen and oxygen atoms in total. The number of nitrogens with two attached hydrogens (primary N) is 1. The lowest BCUT2D eigenvalue weighted by Gasteiger charge is -2.40. The van der Waals surface area contributed by atoms with E-state index < -0.39 is 0 Å². The summed E-state index contributed by atoms with van der Waals surface area (Å²) in [7, 11) is 0. The lowest BCUT2D eigenvalue weighted by atomic mass is 9.66. The fourth-order valence-corrected chi connectivity index (χ4v) is 3.90. The molecule has 2 aromatic heterocycles. The highest BCUT2D eigenvalue weighted by Gasteiger charge is 2.40. The number of fused-ring (bicyclic) bond motifs is 3. The summed E-state index contributed by atoms with van der Waals surface area (Å²) >= 11 is 0. The van der Waals surface area contributed by atoms with Gasteiger partial charge in [-0.3, -0.25) is 0 Å². The largest absolute Gasteiger partial charge is 0.326 e. The fraction of sp³-hybridized carbons (Fsp3) is 0.562. The molecule has 0 aromatic carbocycles. The van der Waals surface area contributed by atoms with Crippen LogP contribution in [-0.4, -0.2) is 9.38 Å². The molecule has 0 amide bonds. The van der Waals surface area contributed by atoms with E-state index in [9.17, 15) is 0 Å². The highest BCUT2D eigenvalue weighted by atomic mass is 15.0. The van der Waals surface area contributed by atoms with Gasteiger partial charge in [0, 0.05) is 18.2 Å². The molecule has 0 aliphatic heterocycles. The molecule has 0 saturated carbocycles. The Balaban J connectivity index is 2.25. The number of rotatable bonds is 1. The third-order valence-corrected chi connectivity index (χ3v) is 4.21. The average Bonchev–Trinajstić information content (AvgIpc) is 2.62. The Hall–Kier alpha value is -1.35. The fourth-order valence-electron chi connectivity index (χ4n) is 3.90. The molecule has 0 bridgehead atoms. The van der Waals surface area contributed by atoms with Gasteiger partial charge in [-0.2, -0.15) is 0 Å². The Labute approximate surface area is 114 Å². The summed E-state index contributed by atoms with van der Waals surface area (Å²) in [6.45, 7) is 9.92. The van der Waals surface area contributed by atoms with Crippen LogP contribution in [0.5, 0.6) is 0 Å². The zero-order chi connectivity index (χ0) is 13.8. The van der Waals surface area contributed by atoms with E-state index >= 15 is 0 Å². The van der Waals surface area contributed by atoms with Crippen LogP contribution in [0.25, 0.3) is 5.65 Å². The van der Waals surface area contributed by atoms with E-state index in [4.69, 9.17) is 10.7 Å². The molecule has 0 atom stereocenters. The van der Waals surface area contributed by atoms with Gasteiger partial charge in [-0.15, -0.1) is 0 Å². The molecule has 0 unspecified atom stereocenters. The molecule has 3 rings (SSSR count). The van der Waals surface area contributed by atoms with E-state index in [0.29, 0.717) is 12.0 Å². The minimum atomic E-state index is 0.167. The van der Waals surface area contributed by atoms with Crippen molar-refractivity contribution in [3.05, 3.63) is 35.3 Å². The van der Waals surface area contributed by atoms with Crippen molar-refractivity contribution >= 4 is 5.65 Å². The van der Waals surface area contributed by atoms with Crippen molar-refractivity contribution in [2.24, 2.45) is 11.1 Å². The van der Waals surface area contributed by atoms with Crippen molar-refractivity contribution in [3.8, 4) is 0 Å². The van der Waals surface area contributed by atoms with Crippen molar-refractivity contribution in [3.63, 3.8) is 0 Å². The van der Waals surface area contributed by atoms with Gasteiger partial charge in [0.15, 0.2) is 0 Å². The van der Waals surface area contributed by atoms with E-state index in [1.807, 2.05) is 0 Å². The van der Waals surface area contributed by atoms with Crippen LogP contribution >= 0.6 is 0 Å². The summed E-state index contributed by atoms with van der Waals surface area (Å²) in [6.07, 6.45) is 4.38. The third kappa shape index (κ3) is 1.96. The number of hydrogen-bond acceptors (Lipinski definition) is 2. The molecule has 2 aromatic rings. The molecule has 0 saturated heterocycles.